The Morgan fingerprint density at radius 1 is 1.38 bits per heavy atom. The molecule has 1 saturated carbocycles. The number of aliphatic hydroxyl groups is 1. The number of piperidine rings is 1. The fourth-order valence-corrected chi connectivity index (χ4v) is 2.76. The van der Waals surface area contributed by atoms with Gasteiger partial charge in [-0.2, -0.15) is 0 Å². The van der Waals surface area contributed by atoms with E-state index in [2.05, 4.69) is 0 Å². The van der Waals surface area contributed by atoms with Crippen molar-refractivity contribution >= 4 is 5.91 Å². The summed E-state index contributed by atoms with van der Waals surface area (Å²) < 4.78 is 18.4. The first-order valence-corrected chi connectivity index (χ1v) is 7.45. The molecule has 0 radical (unpaired) electrons. The second-order valence-electron chi connectivity index (χ2n) is 6.10. The van der Waals surface area contributed by atoms with Crippen LogP contribution in [0, 0.1) is 11.7 Å². The molecular weight excluding hydrogens is 273 g/mol. The first kappa shape index (κ1) is 14.3. The number of carbonyl (C=O) groups excluding carboxylic acids is 1. The number of ether oxygens (including phenoxy) is 1. The standard InChI is InChI=1S/C16H20FNO3/c17-13-4-6-14(7-5-13)21-11-16(20)8-1-9-18(10-16)15(19)12-2-3-12/h4-7,12,20H,1-3,8-11H2/t16-/m1/s1. The van der Waals surface area contributed by atoms with Gasteiger partial charge in [-0.15, -0.1) is 0 Å². The fraction of sp³-hybridized carbons (Fsp3) is 0.562. The van der Waals surface area contributed by atoms with E-state index in [1.165, 1.54) is 24.3 Å². The first-order valence-electron chi connectivity index (χ1n) is 7.45. The van der Waals surface area contributed by atoms with Gasteiger partial charge in [0.15, 0.2) is 0 Å². The molecule has 21 heavy (non-hydrogen) atoms. The summed E-state index contributed by atoms with van der Waals surface area (Å²) in [4.78, 5) is 13.9. The van der Waals surface area contributed by atoms with Crippen LogP contribution in [0.5, 0.6) is 5.75 Å². The zero-order chi connectivity index (χ0) is 14.9. The Bertz CT molecular complexity index is 515. The molecule has 0 spiro atoms. The van der Waals surface area contributed by atoms with E-state index in [-0.39, 0.29) is 24.2 Å². The summed E-state index contributed by atoms with van der Waals surface area (Å²) in [5.74, 6) is 0.538. The van der Waals surface area contributed by atoms with Crippen molar-refractivity contribution in [3.8, 4) is 5.75 Å². The van der Waals surface area contributed by atoms with E-state index in [1.54, 1.807) is 4.90 Å². The molecule has 1 saturated heterocycles. The zero-order valence-corrected chi connectivity index (χ0v) is 11.9. The Balaban J connectivity index is 1.57. The average molecular weight is 293 g/mol. The van der Waals surface area contributed by atoms with Crippen LogP contribution < -0.4 is 4.74 Å². The third kappa shape index (κ3) is 3.53. The lowest BCUT2D eigenvalue weighted by Gasteiger charge is -2.39. The maximum Gasteiger partial charge on any atom is 0.225 e. The Labute approximate surface area is 123 Å². The van der Waals surface area contributed by atoms with Gasteiger partial charge in [0.05, 0.1) is 6.54 Å². The number of rotatable bonds is 4. The van der Waals surface area contributed by atoms with Crippen molar-refractivity contribution in [2.75, 3.05) is 19.7 Å². The summed E-state index contributed by atoms with van der Waals surface area (Å²) in [6.07, 6.45) is 3.34. The highest BCUT2D eigenvalue weighted by Gasteiger charge is 2.40. The van der Waals surface area contributed by atoms with Crippen LogP contribution in [0.2, 0.25) is 0 Å². The van der Waals surface area contributed by atoms with Crippen LogP contribution in [-0.4, -0.2) is 41.2 Å². The zero-order valence-electron chi connectivity index (χ0n) is 11.9. The smallest absolute Gasteiger partial charge is 0.225 e. The molecule has 1 aromatic rings. The third-order valence-electron chi connectivity index (χ3n) is 4.11. The van der Waals surface area contributed by atoms with Gasteiger partial charge in [0.2, 0.25) is 5.91 Å². The molecule has 0 unspecified atom stereocenters. The van der Waals surface area contributed by atoms with Crippen molar-refractivity contribution in [2.24, 2.45) is 5.92 Å². The normalized spacial score (nSPS) is 25.7. The minimum Gasteiger partial charge on any atom is -0.491 e. The molecule has 5 heteroatoms. The molecule has 4 nitrogen and oxygen atoms in total. The summed E-state index contributed by atoms with van der Waals surface area (Å²) in [6, 6.07) is 5.72. The number of β-amino-alcohol motifs (C(OH)–C–C–N with tert-alkyl or cyclic N) is 1. The van der Waals surface area contributed by atoms with Gasteiger partial charge < -0.3 is 14.7 Å². The van der Waals surface area contributed by atoms with Crippen molar-refractivity contribution in [1.29, 1.82) is 0 Å². The van der Waals surface area contributed by atoms with Crippen LogP contribution >= 0.6 is 0 Å². The molecule has 1 N–H and O–H groups in total. The van der Waals surface area contributed by atoms with Crippen LogP contribution in [0.4, 0.5) is 4.39 Å². The van der Waals surface area contributed by atoms with Gasteiger partial charge in [0.25, 0.3) is 0 Å². The van der Waals surface area contributed by atoms with Crippen molar-refractivity contribution in [3.05, 3.63) is 30.1 Å². The third-order valence-corrected chi connectivity index (χ3v) is 4.11. The molecule has 1 amide bonds. The van der Waals surface area contributed by atoms with E-state index in [4.69, 9.17) is 4.74 Å². The van der Waals surface area contributed by atoms with E-state index in [0.717, 1.165) is 19.3 Å². The molecule has 1 aromatic carbocycles. The minimum atomic E-state index is -1.02. The van der Waals surface area contributed by atoms with Crippen molar-refractivity contribution in [2.45, 2.75) is 31.3 Å². The number of hydrogen-bond acceptors (Lipinski definition) is 3. The SMILES string of the molecule is O=C(C1CC1)N1CCC[C@](O)(COc2ccc(F)cc2)C1. The van der Waals surface area contributed by atoms with Gasteiger partial charge in [0, 0.05) is 12.5 Å². The lowest BCUT2D eigenvalue weighted by atomic mass is 9.93. The topological polar surface area (TPSA) is 49.8 Å². The predicted octanol–water partition coefficient (Wildman–Crippen LogP) is 1.97. The highest BCUT2D eigenvalue weighted by molar-refractivity contribution is 5.81. The number of hydrogen-bond donors (Lipinski definition) is 1. The second-order valence-corrected chi connectivity index (χ2v) is 6.10. The van der Waals surface area contributed by atoms with Crippen LogP contribution in [-0.2, 0) is 4.79 Å². The molecular formula is C16H20FNO3. The number of nitrogens with zero attached hydrogens (tertiary/aromatic N) is 1. The molecule has 2 fully saturated rings. The molecule has 2 aliphatic rings. The van der Waals surface area contributed by atoms with Crippen LogP contribution in [0.1, 0.15) is 25.7 Å². The van der Waals surface area contributed by atoms with Crippen LogP contribution in [0.25, 0.3) is 0 Å². The highest BCUT2D eigenvalue weighted by atomic mass is 19.1. The maximum absolute atomic E-state index is 12.8. The fourth-order valence-electron chi connectivity index (χ4n) is 2.76. The van der Waals surface area contributed by atoms with Gasteiger partial charge in [-0.3, -0.25) is 4.79 Å². The monoisotopic (exact) mass is 293 g/mol. The number of benzene rings is 1. The lowest BCUT2D eigenvalue weighted by molar-refractivity contribution is -0.141. The van der Waals surface area contributed by atoms with Gasteiger partial charge in [-0.1, -0.05) is 0 Å². The van der Waals surface area contributed by atoms with E-state index in [1.807, 2.05) is 0 Å². The summed E-state index contributed by atoms with van der Waals surface area (Å²) in [6.45, 7) is 1.16. The van der Waals surface area contributed by atoms with Crippen LogP contribution in [0.3, 0.4) is 0 Å². The minimum absolute atomic E-state index is 0.118. The maximum atomic E-state index is 12.8. The van der Waals surface area contributed by atoms with Crippen molar-refractivity contribution < 1.29 is 19.0 Å². The highest BCUT2D eigenvalue weighted by Crippen LogP contribution is 2.33. The summed E-state index contributed by atoms with van der Waals surface area (Å²) in [5, 5.41) is 10.6. The van der Waals surface area contributed by atoms with E-state index in [9.17, 15) is 14.3 Å². The Morgan fingerprint density at radius 3 is 2.76 bits per heavy atom. The molecule has 0 aromatic heterocycles. The van der Waals surface area contributed by atoms with Crippen molar-refractivity contribution in [3.63, 3.8) is 0 Å². The molecule has 0 bridgehead atoms. The van der Waals surface area contributed by atoms with Gasteiger partial charge in [-0.05, 0) is 49.9 Å². The Hall–Kier alpha value is -1.62. The summed E-state index contributed by atoms with van der Waals surface area (Å²) in [5.41, 5.74) is -1.02. The van der Waals surface area contributed by atoms with Gasteiger partial charge in [-0.25, -0.2) is 4.39 Å². The largest absolute Gasteiger partial charge is 0.491 e. The molecule has 1 atom stereocenters. The predicted molar refractivity (Wildman–Crippen MR) is 75.4 cm³/mol. The van der Waals surface area contributed by atoms with Gasteiger partial charge in [0.1, 0.15) is 23.8 Å². The van der Waals surface area contributed by atoms with E-state index >= 15 is 0 Å². The van der Waals surface area contributed by atoms with Crippen LogP contribution in [0.15, 0.2) is 24.3 Å². The Morgan fingerprint density at radius 2 is 2.10 bits per heavy atom. The average Bonchev–Trinajstić information content (AvgIpc) is 3.31. The first-order chi connectivity index (χ1) is 10.1. The molecule has 1 aliphatic heterocycles. The summed E-state index contributed by atoms with van der Waals surface area (Å²) >= 11 is 0. The number of likely N-dealkylation sites (tertiary alicyclic amines) is 1. The van der Waals surface area contributed by atoms with Crippen molar-refractivity contribution in [1.82, 2.24) is 4.90 Å². The van der Waals surface area contributed by atoms with E-state index in [0.29, 0.717) is 25.3 Å². The summed E-state index contributed by atoms with van der Waals surface area (Å²) in [7, 11) is 0. The number of carbonyl (C=O) groups is 1. The second kappa shape index (κ2) is 5.64. The lowest BCUT2D eigenvalue weighted by Crippen LogP contribution is -2.53. The number of halogens is 1. The molecule has 1 aliphatic carbocycles. The quantitative estimate of drug-likeness (QED) is 0.923. The Kier molecular flexibility index (Phi) is 3.85. The molecule has 114 valence electrons. The molecule has 3 rings (SSSR count). The van der Waals surface area contributed by atoms with E-state index < -0.39 is 5.60 Å². The van der Waals surface area contributed by atoms with Gasteiger partial charge >= 0.3 is 0 Å². The molecule has 1 heterocycles. The number of amides is 1.